The summed E-state index contributed by atoms with van der Waals surface area (Å²) in [5, 5.41) is 9.67. The van der Waals surface area contributed by atoms with Crippen LogP contribution in [-0.4, -0.2) is 54.3 Å². The molecule has 2 saturated heterocycles. The van der Waals surface area contributed by atoms with Crippen LogP contribution in [0.5, 0.6) is 0 Å². The molecule has 25 heavy (non-hydrogen) atoms. The van der Waals surface area contributed by atoms with E-state index in [9.17, 15) is 18.3 Å². The molecule has 2 atom stereocenters. The highest BCUT2D eigenvalue weighted by Gasteiger charge is 2.40. The molecule has 2 fully saturated rings. The van der Waals surface area contributed by atoms with E-state index in [2.05, 4.69) is 9.88 Å². The number of hydrogen-bond acceptors (Lipinski definition) is 4. The summed E-state index contributed by atoms with van der Waals surface area (Å²) in [6, 6.07) is 0.926. The molecule has 0 saturated carbocycles. The summed E-state index contributed by atoms with van der Waals surface area (Å²) in [5.41, 5.74) is -0.810. The van der Waals surface area contributed by atoms with Crippen molar-refractivity contribution in [2.24, 2.45) is 11.8 Å². The Labute approximate surface area is 150 Å². The Morgan fingerprint density at radius 2 is 1.84 bits per heavy atom. The van der Waals surface area contributed by atoms with Crippen LogP contribution in [0.3, 0.4) is 0 Å². The second-order valence-electron chi connectivity index (χ2n) is 6.99. The van der Waals surface area contributed by atoms with Crippen LogP contribution in [0.1, 0.15) is 24.8 Å². The first-order chi connectivity index (χ1) is 11.9. The standard InChI is InChI=1S/C17H23ClF3N3O/c18-14-6-15(17(19,20)21)16(22-7-14)24-9-12(13(10-24)11-25)8-23-4-2-1-3-5-23/h6-7,12-13,25H,1-5,8-11H2/t12-,13-/m1/s1. The van der Waals surface area contributed by atoms with E-state index in [4.69, 9.17) is 11.6 Å². The van der Waals surface area contributed by atoms with Crippen molar-refractivity contribution < 1.29 is 18.3 Å². The van der Waals surface area contributed by atoms with Gasteiger partial charge in [0.1, 0.15) is 5.82 Å². The normalized spacial score (nSPS) is 25.6. The lowest BCUT2D eigenvalue weighted by atomic mass is 9.95. The van der Waals surface area contributed by atoms with E-state index in [1.165, 1.54) is 12.6 Å². The minimum absolute atomic E-state index is 0.0239. The maximum absolute atomic E-state index is 13.3. The smallest absolute Gasteiger partial charge is 0.396 e. The molecule has 8 heteroatoms. The molecule has 140 valence electrons. The van der Waals surface area contributed by atoms with Crippen LogP contribution in [0.15, 0.2) is 12.3 Å². The van der Waals surface area contributed by atoms with Crippen molar-refractivity contribution in [1.29, 1.82) is 0 Å². The van der Waals surface area contributed by atoms with E-state index in [0.717, 1.165) is 38.5 Å². The van der Waals surface area contributed by atoms with E-state index in [0.29, 0.717) is 13.1 Å². The minimum atomic E-state index is -4.51. The minimum Gasteiger partial charge on any atom is -0.396 e. The van der Waals surface area contributed by atoms with Crippen LogP contribution in [0.25, 0.3) is 0 Å². The molecule has 3 heterocycles. The van der Waals surface area contributed by atoms with Gasteiger partial charge in [0, 0.05) is 38.4 Å². The van der Waals surface area contributed by atoms with Gasteiger partial charge >= 0.3 is 6.18 Å². The number of halogens is 4. The van der Waals surface area contributed by atoms with Gasteiger partial charge in [-0.05, 0) is 37.9 Å². The third kappa shape index (κ3) is 4.38. The van der Waals surface area contributed by atoms with Gasteiger partial charge in [-0.2, -0.15) is 13.2 Å². The van der Waals surface area contributed by atoms with Gasteiger partial charge in [0.15, 0.2) is 0 Å². The highest BCUT2D eigenvalue weighted by atomic mass is 35.5. The molecule has 4 nitrogen and oxygen atoms in total. The van der Waals surface area contributed by atoms with Crippen LogP contribution >= 0.6 is 11.6 Å². The number of alkyl halides is 3. The van der Waals surface area contributed by atoms with Gasteiger partial charge in [0.05, 0.1) is 10.6 Å². The lowest BCUT2D eigenvalue weighted by Gasteiger charge is -2.30. The van der Waals surface area contributed by atoms with Gasteiger partial charge in [-0.15, -0.1) is 0 Å². The van der Waals surface area contributed by atoms with Crippen LogP contribution in [0, 0.1) is 11.8 Å². The van der Waals surface area contributed by atoms with Crippen molar-refractivity contribution in [2.45, 2.75) is 25.4 Å². The van der Waals surface area contributed by atoms with Crippen LogP contribution in [0.4, 0.5) is 19.0 Å². The Kier molecular flexibility index (Phi) is 5.75. The van der Waals surface area contributed by atoms with Crippen LogP contribution < -0.4 is 4.90 Å². The molecule has 0 spiro atoms. The molecule has 0 amide bonds. The van der Waals surface area contributed by atoms with Crippen LogP contribution in [-0.2, 0) is 6.18 Å². The van der Waals surface area contributed by atoms with Crippen molar-refractivity contribution in [3.63, 3.8) is 0 Å². The maximum Gasteiger partial charge on any atom is 0.420 e. The number of hydrogen-bond donors (Lipinski definition) is 1. The quantitative estimate of drug-likeness (QED) is 0.874. The van der Waals surface area contributed by atoms with Gasteiger partial charge < -0.3 is 14.9 Å². The number of nitrogens with zero attached hydrogens (tertiary/aromatic N) is 3. The first-order valence-electron chi connectivity index (χ1n) is 8.69. The Morgan fingerprint density at radius 1 is 1.16 bits per heavy atom. The zero-order valence-electron chi connectivity index (χ0n) is 14.0. The first-order valence-corrected chi connectivity index (χ1v) is 9.07. The fraction of sp³-hybridized carbons (Fsp3) is 0.706. The maximum atomic E-state index is 13.3. The molecule has 0 unspecified atom stereocenters. The number of likely N-dealkylation sites (tertiary alicyclic amines) is 1. The summed E-state index contributed by atoms with van der Waals surface area (Å²) < 4.78 is 40.0. The largest absolute Gasteiger partial charge is 0.420 e. The van der Waals surface area contributed by atoms with Gasteiger partial charge in [0.2, 0.25) is 0 Å². The average molecular weight is 378 g/mol. The van der Waals surface area contributed by atoms with Crippen LogP contribution in [0.2, 0.25) is 5.02 Å². The Morgan fingerprint density at radius 3 is 2.48 bits per heavy atom. The van der Waals surface area contributed by atoms with E-state index in [1.807, 2.05) is 0 Å². The third-order valence-electron chi connectivity index (χ3n) is 5.19. The Hall–Kier alpha value is -1.05. The summed E-state index contributed by atoms with van der Waals surface area (Å²) in [4.78, 5) is 7.96. The van der Waals surface area contributed by atoms with Gasteiger partial charge in [0.25, 0.3) is 0 Å². The van der Waals surface area contributed by atoms with Gasteiger partial charge in [-0.1, -0.05) is 18.0 Å². The fourth-order valence-corrected chi connectivity index (χ4v) is 4.05. The first kappa shape index (κ1) is 18.7. The van der Waals surface area contributed by atoms with E-state index < -0.39 is 11.7 Å². The highest BCUT2D eigenvalue weighted by molar-refractivity contribution is 6.30. The molecular weight excluding hydrogens is 355 g/mol. The number of pyridine rings is 1. The molecule has 2 aliphatic heterocycles. The summed E-state index contributed by atoms with van der Waals surface area (Å²) >= 11 is 5.72. The van der Waals surface area contributed by atoms with Gasteiger partial charge in [-0.3, -0.25) is 0 Å². The summed E-state index contributed by atoms with van der Waals surface area (Å²) in [6.45, 7) is 3.70. The second kappa shape index (κ2) is 7.68. The lowest BCUT2D eigenvalue weighted by molar-refractivity contribution is -0.137. The van der Waals surface area contributed by atoms with E-state index in [-0.39, 0.29) is 29.3 Å². The van der Waals surface area contributed by atoms with Gasteiger partial charge in [-0.25, -0.2) is 4.98 Å². The van der Waals surface area contributed by atoms with Crippen molar-refractivity contribution >= 4 is 17.4 Å². The number of aliphatic hydroxyl groups is 1. The highest BCUT2D eigenvalue weighted by Crippen LogP contribution is 2.39. The third-order valence-corrected chi connectivity index (χ3v) is 5.40. The number of aliphatic hydroxyl groups excluding tert-OH is 1. The molecule has 1 aromatic heterocycles. The number of rotatable bonds is 4. The molecule has 1 N–H and O–H groups in total. The molecule has 0 radical (unpaired) electrons. The molecular formula is C17H23ClF3N3O. The molecule has 2 aliphatic rings. The SMILES string of the molecule is OC[C@H]1CN(c2ncc(Cl)cc2C(F)(F)F)C[C@H]1CN1CCCCC1. The number of piperidine rings is 1. The summed E-state index contributed by atoms with van der Waals surface area (Å²) in [6.07, 6.45) is 0.305. The second-order valence-corrected chi connectivity index (χ2v) is 7.43. The van der Waals surface area contributed by atoms with Crippen molar-refractivity contribution in [2.75, 3.05) is 44.2 Å². The van der Waals surface area contributed by atoms with E-state index in [1.54, 1.807) is 4.90 Å². The van der Waals surface area contributed by atoms with Crippen molar-refractivity contribution in [1.82, 2.24) is 9.88 Å². The molecule has 1 aromatic rings. The Bertz CT molecular complexity index is 593. The molecule has 3 rings (SSSR count). The predicted octanol–water partition coefficient (Wildman–Crippen LogP) is 3.28. The Balaban J connectivity index is 1.77. The number of aromatic nitrogens is 1. The molecule has 0 bridgehead atoms. The lowest BCUT2D eigenvalue weighted by Crippen LogP contribution is -2.37. The zero-order valence-corrected chi connectivity index (χ0v) is 14.7. The average Bonchev–Trinajstić information content (AvgIpc) is 2.97. The van der Waals surface area contributed by atoms with E-state index >= 15 is 0 Å². The molecule has 0 aromatic carbocycles. The van der Waals surface area contributed by atoms with Crippen molar-refractivity contribution in [3.05, 3.63) is 22.8 Å². The topological polar surface area (TPSA) is 39.6 Å². The molecule has 0 aliphatic carbocycles. The van der Waals surface area contributed by atoms with Crippen molar-refractivity contribution in [3.8, 4) is 0 Å². The summed E-state index contributed by atoms with van der Waals surface area (Å²) in [7, 11) is 0. The fourth-order valence-electron chi connectivity index (χ4n) is 3.89. The predicted molar refractivity (Wildman–Crippen MR) is 90.8 cm³/mol. The number of anilines is 1. The zero-order chi connectivity index (χ0) is 18.0. The monoisotopic (exact) mass is 377 g/mol. The summed E-state index contributed by atoms with van der Waals surface area (Å²) in [5.74, 6) is 0.0126.